The summed E-state index contributed by atoms with van der Waals surface area (Å²) in [5, 5.41) is 3.42. The van der Waals surface area contributed by atoms with E-state index in [-0.39, 0.29) is 0 Å². The minimum atomic E-state index is 0.625. The number of hydrogen-bond donors (Lipinski definition) is 1. The molecule has 1 heteroatoms. The Morgan fingerprint density at radius 1 is 1.50 bits per heavy atom. The molecule has 0 aliphatic heterocycles. The van der Waals surface area contributed by atoms with Crippen molar-refractivity contribution in [3.63, 3.8) is 0 Å². The fraction of sp³-hybridized carbons (Fsp3) is 0.818. The number of rotatable bonds is 5. The lowest BCUT2D eigenvalue weighted by molar-refractivity contribution is 0.594. The van der Waals surface area contributed by atoms with Gasteiger partial charge < -0.3 is 5.32 Å². The van der Waals surface area contributed by atoms with Crippen LogP contribution in [0.2, 0.25) is 0 Å². The fourth-order valence-electron chi connectivity index (χ4n) is 1.38. The smallest absolute Gasteiger partial charge is 0.00105 e. The molecule has 70 valence electrons. The molecule has 1 saturated carbocycles. The zero-order chi connectivity index (χ0) is 8.97. The maximum absolute atomic E-state index is 3.42. The number of nitrogens with one attached hydrogen (secondary N) is 1. The van der Waals surface area contributed by atoms with Crippen molar-refractivity contribution in [3.8, 4) is 0 Å². The number of hydrogen-bond acceptors (Lipinski definition) is 1. The Hall–Kier alpha value is -0.300. The second-order valence-corrected chi connectivity index (χ2v) is 4.12. The average molecular weight is 167 g/mol. The molecule has 1 rings (SSSR count). The summed E-state index contributed by atoms with van der Waals surface area (Å²) < 4.78 is 0. The monoisotopic (exact) mass is 167 g/mol. The molecule has 0 unspecified atom stereocenters. The summed E-state index contributed by atoms with van der Waals surface area (Å²) in [5.74, 6) is 0.948. The molecule has 1 fully saturated rings. The molecule has 0 aromatic rings. The molecule has 0 bridgehead atoms. The SMILES string of the molecule is CC(=CCCNC(C)C)C1CC1. The van der Waals surface area contributed by atoms with Crippen LogP contribution in [-0.4, -0.2) is 12.6 Å². The van der Waals surface area contributed by atoms with Gasteiger partial charge in [-0.25, -0.2) is 0 Å². The highest BCUT2D eigenvalue weighted by molar-refractivity contribution is 5.09. The lowest BCUT2D eigenvalue weighted by atomic mass is 10.1. The van der Waals surface area contributed by atoms with Crippen LogP contribution in [0.4, 0.5) is 0 Å². The van der Waals surface area contributed by atoms with Gasteiger partial charge in [-0.05, 0) is 38.6 Å². The van der Waals surface area contributed by atoms with Gasteiger partial charge in [-0.3, -0.25) is 0 Å². The summed E-state index contributed by atoms with van der Waals surface area (Å²) in [6, 6.07) is 0.625. The molecule has 0 radical (unpaired) electrons. The van der Waals surface area contributed by atoms with Gasteiger partial charge in [0.1, 0.15) is 0 Å². The Bertz CT molecular complexity index is 154. The van der Waals surface area contributed by atoms with Crippen LogP contribution >= 0.6 is 0 Å². The lowest BCUT2D eigenvalue weighted by Gasteiger charge is -2.05. The third kappa shape index (κ3) is 3.91. The Morgan fingerprint density at radius 2 is 2.17 bits per heavy atom. The Kier molecular flexibility index (Phi) is 3.80. The van der Waals surface area contributed by atoms with Crippen LogP contribution < -0.4 is 5.32 Å². The zero-order valence-corrected chi connectivity index (χ0v) is 8.56. The van der Waals surface area contributed by atoms with E-state index in [0.717, 1.165) is 12.5 Å². The third-order valence-corrected chi connectivity index (χ3v) is 2.38. The van der Waals surface area contributed by atoms with Crippen molar-refractivity contribution in [1.82, 2.24) is 5.32 Å². The van der Waals surface area contributed by atoms with Gasteiger partial charge in [0, 0.05) is 6.04 Å². The van der Waals surface area contributed by atoms with E-state index in [2.05, 4.69) is 32.2 Å². The fourth-order valence-corrected chi connectivity index (χ4v) is 1.38. The molecular formula is C11H21N. The first-order chi connectivity index (χ1) is 5.70. The highest BCUT2D eigenvalue weighted by Crippen LogP contribution is 2.35. The van der Waals surface area contributed by atoms with Crippen LogP contribution in [0, 0.1) is 5.92 Å². The van der Waals surface area contributed by atoms with Gasteiger partial charge in [0.2, 0.25) is 0 Å². The Balaban J connectivity index is 2.03. The predicted molar refractivity (Wildman–Crippen MR) is 54.2 cm³/mol. The topological polar surface area (TPSA) is 12.0 Å². The van der Waals surface area contributed by atoms with Crippen LogP contribution in [0.25, 0.3) is 0 Å². The molecule has 1 nitrogen and oxygen atoms in total. The number of allylic oxidation sites excluding steroid dienone is 1. The van der Waals surface area contributed by atoms with Gasteiger partial charge in [0.15, 0.2) is 0 Å². The summed E-state index contributed by atoms with van der Waals surface area (Å²) in [4.78, 5) is 0. The summed E-state index contributed by atoms with van der Waals surface area (Å²) >= 11 is 0. The molecule has 12 heavy (non-hydrogen) atoms. The second-order valence-electron chi connectivity index (χ2n) is 4.12. The van der Waals surface area contributed by atoms with Gasteiger partial charge in [-0.2, -0.15) is 0 Å². The third-order valence-electron chi connectivity index (χ3n) is 2.38. The molecule has 0 spiro atoms. The standard InChI is InChI=1S/C11H21N/c1-9(2)12-8-4-5-10(3)11-6-7-11/h5,9,11-12H,4,6-8H2,1-3H3. The van der Waals surface area contributed by atoms with Gasteiger partial charge in [0.05, 0.1) is 0 Å². The van der Waals surface area contributed by atoms with Gasteiger partial charge in [0.25, 0.3) is 0 Å². The maximum Gasteiger partial charge on any atom is 0.00105 e. The molecule has 0 amide bonds. The van der Waals surface area contributed by atoms with Crippen molar-refractivity contribution in [2.24, 2.45) is 5.92 Å². The molecule has 1 N–H and O–H groups in total. The van der Waals surface area contributed by atoms with Crippen molar-refractivity contribution >= 4 is 0 Å². The first-order valence-electron chi connectivity index (χ1n) is 5.10. The molecule has 0 atom stereocenters. The molecule has 0 aromatic heterocycles. The van der Waals surface area contributed by atoms with Crippen LogP contribution in [0.5, 0.6) is 0 Å². The molecular weight excluding hydrogens is 146 g/mol. The summed E-state index contributed by atoms with van der Waals surface area (Å²) in [6.07, 6.45) is 6.45. The van der Waals surface area contributed by atoms with E-state index in [1.165, 1.54) is 19.3 Å². The molecule has 1 aliphatic carbocycles. The largest absolute Gasteiger partial charge is 0.314 e. The minimum Gasteiger partial charge on any atom is -0.314 e. The van der Waals surface area contributed by atoms with Crippen LogP contribution in [-0.2, 0) is 0 Å². The highest BCUT2D eigenvalue weighted by Gasteiger charge is 2.22. The average Bonchev–Trinajstić information content (AvgIpc) is 2.79. The zero-order valence-electron chi connectivity index (χ0n) is 8.56. The van der Waals surface area contributed by atoms with Gasteiger partial charge >= 0.3 is 0 Å². The predicted octanol–water partition coefficient (Wildman–Crippen LogP) is 2.73. The minimum absolute atomic E-state index is 0.625. The van der Waals surface area contributed by atoms with E-state index in [9.17, 15) is 0 Å². The second kappa shape index (κ2) is 4.66. The van der Waals surface area contributed by atoms with Crippen LogP contribution in [0.15, 0.2) is 11.6 Å². The summed E-state index contributed by atoms with van der Waals surface area (Å²) in [6.45, 7) is 7.78. The first-order valence-corrected chi connectivity index (χ1v) is 5.10. The maximum atomic E-state index is 3.42. The van der Waals surface area contributed by atoms with E-state index in [0.29, 0.717) is 6.04 Å². The quantitative estimate of drug-likeness (QED) is 0.490. The summed E-state index contributed by atoms with van der Waals surface area (Å²) in [7, 11) is 0. The molecule has 0 heterocycles. The van der Waals surface area contributed by atoms with E-state index in [4.69, 9.17) is 0 Å². The summed E-state index contributed by atoms with van der Waals surface area (Å²) in [5.41, 5.74) is 1.61. The van der Waals surface area contributed by atoms with Crippen molar-refractivity contribution in [3.05, 3.63) is 11.6 Å². The van der Waals surface area contributed by atoms with Crippen molar-refractivity contribution in [2.75, 3.05) is 6.54 Å². The van der Waals surface area contributed by atoms with Gasteiger partial charge in [-0.15, -0.1) is 0 Å². The van der Waals surface area contributed by atoms with Crippen molar-refractivity contribution < 1.29 is 0 Å². The first kappa shape index (κ1) is 9.79. The molecule has 1 aliphatic rings. The lowest BCUT2D eigenvalue weighted by Crippen LogP contribution is -2.23. The molecule has 0 saturated heterocycles. The van der Waals surface area contributed by atoms with Gasteiger partial charge in [-0.1, -0.05) is 25.5 Å². The van der Waals surface area contributed by atoms with Crippen molar-refractivity contribution in [2.45, 2.75) is 46.1 Å². The van der Waals surface area contributed by atoms with E-state index >= 15 is 0 Å². The van der Waals surface area contributed by atoms with Crippen molar-refractivity contribution in [1.29, 1.82) is 0 Å². The molecule has 0 aromatic carbocycles. The van der Waals surface area contributed by atoms with E-state index in [1.54, 1.807) is 5.57 Å². The Morgan fingerprint density at radius 3 is 2.67 bits per heavy atom. The Labute approximate surface area is 76.2 Å². The normalized spacial score (nSPS) is 18.8. The van der Waals surface area contributed by atoms with E-state index in [1.807, 2.05) is 0 Å². The van der Waals surface area contributed by atoms with Crippen LogP contribution in [0.3, 0.4) is 0 Å². The highest BCUT2D eigenvalue weighted by atomic mass is 14.9. The van der Waals surface area contributed by atoms with Crippen LogP contribution in [0.1, 0.15) is 40.0 Å². The van der Waals surface area contributed by atoms with E-state index < -0.39 is 0 Å².